The van der Waals surface area contributed by atoms with Crippen molar-refractivity contribution in [2.45, 2.75) is 6.42 Å². The van der Waals surface area contributed by atoms with Gasteiger partial charge in [0.05, 0.1) is 11.8 Å². The van der Waals surface area contributed by atoms with Crippen LogP contribution in [-0.2, 0) is 6.42 Å². The minimum absolute atomic E-state index is 1.06. The van der Waals surface area contributed by atoms with E-state index in [4.69, 9.17) is 0 Å². The molecule has 0 radical (unpaired) electrons. The summed E-state index contributed by atoms with van der Waals surface area (Å²) in [7, 11) is 0. The van der Waals surface area contributed by atoms with Crippen LogP contribution in [-0.4, -0.2) is 4.52 Å². The standard InChI is InChI=1S/C10H9N2/c1-2-5-10-9(4-1)8-11-6-3-7-12(10)11/h1-3,5-8H,4H2/q+1. The Morgan fingerprint density at radius 2 is 2.42 bits per heavy atom. The summed E-state index contributed by atoms with van der Waals surface area (Å²) < 4.78 is 4.26. The maximum Gasteiger partial charge on any atom is 0.206 e. The number of hydrogen-bond donors (Lipinski definition) is 0. The summed E-state index contributed by atoms with van der Waals surface area (Å²) >= 11 is 0. The lowest BCUT2D eigenvalue weighted by Crippen LogP contribution is -2.28. The molecule has 0 N–H and O–H groups in total. The number of allylic oxidation sites excluding steroid dienone is 2. The van der Waals surface area contributed by atoms with Crippen molar-refractivity contribution in [3.8, 4) is 0 Å². The molecule has 2 heteroatoms. The molecule has 0 aromatic carbocycles. The zero-order chi connectivity index (χ0) is 7.97. The molecule has 2 nitrogen and oxygen atoms in total. The highest BCUT2D eigenvalue weighted by Crippen LogP contribution is 1.97. The monoisotopic (exact) mass is 157 g/mol. The van der Waals surface area contributed by atoms with E-state index in [1.165, 1.54) is 10.9 Å². The summed E-state index contributed by atoms with van der Waals surface area (Å²) in [4.78, 5) is 0. The van der Waals surface area contributed by atoms with E-state index in [-0.39, 0.29) is 0 Å². The molecule has 2 aromatic rings. The van der Waals surface area contributed by atoms with Crippen LogP contribution in [0.15, 0.2) is 36.8 Å². The fourth-order valence-electron chi connectivity index (χ4n) is 1.73. The van der Waals surface area contributed by atoms with Crippen LogP contribution < -0.4 is 9.86 Å². The second-order valence-corrected chi connectivity index (χ2v) is 3.05. The van der Waals surface area contributed by atoms with E-state index in [1.807, 2.05) is 6.07 Å². The van der Waals surface area contributed by atoms with E-state index >= 15 is 0 Å². The predicted molar refractivity (Wildman–Crippen MR) is 45.6 cm³/mol. The lowest BCUT2D eigenvalue weighted by atomic mass is 10.1. The van der Waals surface area contributed by atoms with Crippen LogP contribution in [0.3, 0.4) is 0 Å². The van der Waals surface area contributed by atoms with Gasteiger partial charge in [0.25, 0.3) is 0 Å². The highest BCUT2D eigenvalue weighted by molar-refractivity contribution is 5.40. The normalized spacial score (nSPS) is 14.7. The van der Waals surface area contributed by atoms with Gasteiger partial charge < -0.3 is 0 Å². The number of rotatable bonds is 0. The molecular formula is C10H9N2+. The van der Waals surface area contributed by atoms with Gasteiger partial charge in [0.15, 0.2) is 0 Å². The van der Waals surface area contributed by atoms with Gasteiger partial charge in [0.1, 0.15) is 5.35 Å². The first-order chi connectivity index (χ1) is 5.95. The molecule has 1 aliphatic rings. The van der Waals surface area contributed by atoms with Crippen LogP contribution in [0.5, 0.6) is 0 Å². The van der Waals surface area contributed by atoms with Crippen LogP contribution in [0.1, 0.15) is 5.56 Å². The maximum absolute atomic E-state index is 2.18. The summed E-state index contributed by atoms with van der Waals surface area (Å²) in [5.41, 5.74) is 1.40. The molecule has 3 rings (SSSR count). The van der Waals surface area contributed by atoms with Crippen molar-refractivity contribution < 1.29 is 4.52 Å². The molecule has 0 unspecified atom stereocenters. The molecule has 0 saturated heterocycles. The lowest BCUT2D eigenvalue weighted by Gasteiger charge is -1.90. The van der Waals surface area contributed by atoms with E-state index in [9.17, 15) is 0 Å². The highest BCUT2D eigenvalue weighted by Gasteiger charge is 2.10. The van der Waals surface area contributed by atoms with Crippen LogP contribution in [0.25, 0.3) is 6.08 Å². The molecule has 12 heavy (non-hydrogen) atoms. The number of aromatic nitrogens is 2. The van der Waals surface area contributed by atoms with Gasteiger partial charge in [0.2, 0.25) is 12.4 Å². The summed E-state index contributed by atoms with van der Waals surface area (Å²) in [5.74, 6) is 0. The highest BCUT2D eigenvalue weighted by atomic mass is 15.3. The topological polar surface area (TPSA) is 8.51 Å². The third-order valence-corrected chi connectivity index (χ3v) is 2.31. The Balaban J connectivity index is 2.56. The van der Waals surface area contributed by atoms with Crippen LogP contribution in [0, 0.1) is 0 Å². The van der Waals surface area contributed by atoms with Crippen molar-refractivity contribution in [2.24, 2.45) is 0 Å². The predicted octanol–water partition coefficient (Wildman–Crippen LogP) is 0.136. The molecule has 58 valence electrons. The average molecular weight is 157 g/mol. The van der Waals surface area contributed by atoms with Crippen molar-refractivity contribution in [3.63, 3.8) is 0 Å². The summed E-state index contributed by atoms with van der Waals surface area (Å²) in [5, 5.41) is 1.31. The Labute approximate surface area is 70.0 Å². The number of nitrogens with zero attached hydrogens (tertiary/aromatic N) is 2. The molecule has 2 aromatic heterocycles. The zero-order valence-corrected chi connectivity index (χ0v) is 6.64. The molecule has 0 spiro atoms. The third kappa shape index (κ3) is 0.619. The van der Waals surface area contributed by atoms with Crippen molar-refractivity contribution in [3.05, 3.63) is 47.7 Å². The minimum Gasteiger partial charge on any atom is -0.123 e. The quantitative estimate of drug-likeness (QED) is 0.481. The number of hydrogen-bond acceptors (Lipinski definition) is 0. The third-order valence-electron chi connectivity index (χ3n) is 2.31. The van der Waals surface area contributed by atoms with Gasteiger partial charge in [0, 0.05) is 6.07 Å². The van der Waals surface area contributed by atoms with E-state index in [1.54, 1.807) is 0 Å². The Morgan fingerprint density at radius 1 is 1.42 bits per heavy atom. The number of fused-ring (bicyclic) bond motifs is 3. The molecule has 0 bridgehead atoms. The fraction of sp³-hybridized carbons (Fsp3) is 0.100. The molecular weight excluding hydrogens is 148 g/mol. The van der Waals surface area contributed by atoms with Crippen LogP contribution >= 0.6 is 0 Å². The minimum atomic E-state index is 1.06. The van der Waals surface area contributed by atoms with Crippen molar-refractivity contribution in [1.82, 2.24) is 4.52 Å². The molecule has 0 aliphatic heterocycles. The van der Waals surface area contributed by atoms with E-state index in [2.05, 4.69) is 45.8 Å². The largest absolute Gasteiger partial charge is 0.206 e. The Kier molecular flexibility index (Phi) is 0.987. The first-order valence-electron chi connectivity index (χ1n) is 4.12. The average Bonchev–Trinajstić information content (AvgIpc) is 2.62. The summed E-state index contributed by atoms with van der Waals surface area (Å²) in [6.45, 7) is 0. The molecule has 2 heterocycles. The molecule has 0 amide bonds. The second kappa shape index (κ2) is 1.97. The molecule has 0 atom stereocenters. The molecule has 0 fully saturated rings. The van der Waals surface area contributed by atoms with Crippen LogP contribution in [0.4, 0.5) is 0 Å². The smallest absolute Gasteiger partial charge is 0.123 e. The molecule has 0 saturated carbocycles. The Bertz CT molecular complexity index is 505. The first kappa shape index (κ1) is 6.00. The van der Waals surface area contributed by atoms with Gasteiger partial charge in [-0.25, -0.2) is 0 Å². The van der Waals surface area contributed by atoms with Crippen molar-refractivity contribution in [1.29, 1.82) is 0 Å². The first-order valence-corrected chi connectivity index (χ1v) is 4.12. The summed E-state index contributed by atoms with van der Waals surface area (Å²) in [6, 6.07) is 2.05. The maximum atomic E-state index is 2.18. The molecule has 1 aliphatic carbocycles. The van der Waals surface area contributed by atoms with Crippen LogP contribution in [0.2, 0.25) is 0 Å². The van der Waals surface area contributed by atoms with Gasteiger partial charge in [-0.3, -0.25) is 0 Å². The van der Waals surface area contributed by atoms with E-state index in [0.29, 0.717) is 0 Å². The van der Waals surface area contributed by atoms with Gasteiger partial charge in [-0.2, -0.15) is 0 Å². The van der Waals surface area contributed by atoms with Crippen molar-refractivity contribution >= 4 is 6.08 Å². The fourth-order valence-corrected chi connectivity index (χ4v) is 1.73. The van der Waals surface area contributed by atoms with E-state index < -0.39 is 0 Å². The SMILES string of the molecule is C1=CCc2c[n+]3cccn3c2=C1. The van der Waals surface area contributed by atoms with E-state index in [0.717, 1.165) is 6.42 Å². The van der Waals surface area contributed by atoms with Gasteiger partial charge >= 0.3 is 0 Å². The summed E-state index contributed by atoms with van der Waals surface area (Å²) in [6.07, 6.45) is 13.8. The van der Waals surface area contributed by atoms with Crippen molar-refractivity contribution in [2.75, 3.05) is 0 Å². The Morgan fingerprint density at radius 3 is 3.42 bits per heavy atom. The van der Waals surface area contributed by atoms with Gasteiger partial charge in [-0.15, -0.1) is 4.52 Å². The lowest BCUT2D eigenvalue weighted by molar-refractivity contribution is -0.613. The van der Waals surface area contributed by atoms with Gasteiger partial charge in [-0.05, 0) is 12.5 Å². The van der Waals surface area contributed by atoms with Gasteiger partial charge in [-0.1, -0.05) is 16.7 Å². The zero-order valence-electron chi connectivity index (χ0n) is 6.64. The Hall–Kier alpha value is -1.57. The second-order valence-electron chi connectivity index (χ2n) is 3.05.